The molecule has 2 aliphatic rings. The van der Waals surface area contributed by atoms with Gasteiger partial charge in [0.05, 0.1) is 16.5 Å². The molecule has 0 unspecified atom stereocenters. The van der Waals surface area contributed by atoms with Crippen LogP contribution in [0.5, 0.6) is 0 Å². The Morgan fingerprint density at radius 2 is 2.00 bits per heavy atom. The van der Waals surface area contributed by atoms with Crippen molar-refractivity contribution in [3.05, 3.63) is 35.2 Å². The van der Waals surface area contributed by atoms with Gasteiger partial charge < -0.3 is 9.88 Å². The van der Waals surface area contributed by atoms with Crippen LogP contribution in [-0.4, -0.2) is 26.5 Å². The summed E-state index contributed by atoms with van der Waals surface area (Å²) in [5, 5.41) is 5.31. The van der Waals surface area contributed by atoms with Crippen molar-refractivity contribution >= 4 is 28.3 Å². The van der Waals surface area contributed by atoms with Crippen molar-refractivity contribution in [1.82, 2.24) is 19.9 Å². The Kier molecular flexibility index (Phi) is 4.89. The number of hydrogen-bond acceptors (Lipinski definition) is 4. The van der Waals surface area contributed by atoms with E-state index in [2.05, 4.69) is 10.3 Å². The normalized spacial score (nSPS) is 24.8. The SMILES string of the molecule is O=C(Cn1c(-c2cscn2)nc2ccccc21)N[C@@H]1CC[C@@H]2CCCC[C@@H]2C1. The van der Waals surface area contributed by atoms with Gasteiger partial charge in [0.25, 0.3) is 0 Å². The van der Waals surface area contributed by atoms with Gasteiger partial charge in [0.15, 0.2) is 5.82 Å². The third-order valence-corrected chi connectivity index (χ3v) is 7.11. The predicted molar refractivity (Wildman–Crippen MR) is 112 cm³/mol. The van der Waals surface area contributed by atoms with Crippen molar-refractivity contribution < 1.29 is 4.79 Å². The van der Waals surface area contributed by atoms with Crippen LogP contribution in [0, 0.1) is 11.8 Å². The minimum Gasteiger partial charge on any atom is -0.352 e. The zero-order chi connectivity index (χ0) is 18.9. The molecule has 0 bridgehead atoms. The molecule has 0 spiro atoms. The number of amides is 1. The van der Waals surface area contributed by atoms with Crippen LogP contribution < -0.4 is 5.32 Å². The highest BCUT2D eigenvalue weighted by Gasteiger charge is 2.32. The molecule has 1 amide bonds. The molecule has 2 aliphatic carbocycles. The topological polar surface area (TPSA) is 59.8 Å². The average Bonchev–Trinajstić information content (AvgIpc) is 3.36. The maximum absolute atomic E-state index is 12.9. The lowest BCUT2D eigenvalue weighted by atomic mass is 9.69. The molecule has 5 rings (SSSR count). The lowest BCUT2D eigenvalue weighted by molar-refractivity contribution is -0.122. The fourth-order valence-corrected chi connectivity index (χ4v) is 5.71. The standard InChI is InChI=1S/C22H26N4OS/c27-21(24-17-10-9-15-5-1-2-6-16(15)11-17)12-26-20-8-4-3-7-18(20)25-22(26)19-13-28-14-23-19/h3-4,7-8,13-17H,1-2,5-6,9-12H2,(H,24,27)/t15-,16+,17+/m0/s1. The van der Waals surface area contributed by atoms with Crippen LogP contribution in [0.15, 0.2) is 35.2 Å². The first-order valence-electron chi connectivity index (χ1n) is 10.4. The fraction of sp³-hybridized carbons (Fsp3) is 0.500. The molecule has 0 radical (unpaired) electrons. The van der Waals surface area contributed by atoms with Crippen molar-refractivity contribution in [3.8, 4) is 11.5 Å². The van der Waals surface area contributed by atoms with E-state index in [1.165, 1.54) is 32.1 Å². The summed E-state index contributed by atoms with van der Waals surface area (Å²) in [4.78, 5) is 22.1. The second-order valence-electron chi connectivity index (χ2n) is 8.27. The minimum absolute atomic E-state index is 0.0823. The van der Waals surface area contributed by atoms with Gasteiger partial charge in [0, 0.05) is 11.4 Å². The van der Waals surface area contributed by atoms with E-state index >= 15 is 0 Å². The number of para-hydroxylation sites is 2. The monoisotopic (exact) mass is 394 g/mol. The van der Waals surface area contributed by atoms with Crippen LogP contribution in [0.2, 0.25) is 0 Å². The summed E-state index contributed by atoms with van der Waals surface area (Å²) >= 11 is 1.55. The van der Waals surface area contributed by atoms with Crippen molar-refractivity contribution in [2.75, 3.05) is 0 Å². The van der Waals surface area contributed by atoms with Gasteiger partial charge in [-0.2, -0.15) is 0 Å². The third kappa shape index (κ3) is 3.46. The number of imidazole rings is 1. The largest absolute Gasteiger partial charge is 0.352 e. The highest BCUT2D eigenvalue weighted by Crippen LogP contribution is 2.40. The van der Waals surface area contributed by atoms with E-state index in [9.17, 15) is 4.79 Å². The summed E-state index contributed by atoms with van der Waals surface area (Å²) < 4.78 is 2.01. The van der Waals surface area contributed by atoms with Gasteiger partial charge in [-0.25, -0.2) is 9.97 Å². The van der Waals surface area contributed by atoms with Gasteiger partial charge in [-0.05, 0) is 43.2 Å². The van der Waals surface area contributed by atoms with E-state index in [4.69, 9.17) is 4.98 Å². The predicted octanol–water partition coefficient (Wildman–Crippen LogP) is 4.63. The number of thiazole rings is 1. The molecule has 3 atom stereocenters. The number of carbonyl (C=O) groups excluding carboxylic acids is 1. The number of hydrogen-bond donors (Lipinski definition) is 1. The van der Waals surface area contributed by atoms with Gasteiger partial charge >= 0.3 is 0 Å². The summed E-state index contributed by atoms with van der Waals surface area (Å²) in [5.74, 6) is 2.57. The highest BCUT2D eigenvalue weighted by atomic mass is 32.1. The number of fused-ring (bicyclic) bond motifs is 2. The van der Waals surface area contributed by atoms with Crippen LogP contribution >= 0.6 is 11.3 Å². The molecule has 0 saturated heterocycles. The number of benzene rings is 1. The lowest BCUT2D eigenvalue weighted by Gasteiger charge is -2.39. The Hall–Kier alpha value is -2.21. The maximum Gasteiger partial charge on any atom is 0.240 e. The molecule has 0 aliphatic heterocycles. The molecule has 1 N–H and O–H groups in total. The molecule has 2 aromatic heterocycles. The van der Waals surface area contributed by atoms with Crippen LogP contribution in [0.3, 0.4) is 0 Å². The molecule has 6 heteroatoms. The smallest absolute Gasteiger partial charge is 0.240 e. The molecule has 5 nitrogen and oxygen atoms in total. The quantitative estimate of drug-likeness (QED) is 0.701. The van der Waals surface area contributed by atoms with Crippen LogP contribution in [0.4, 0.5) is 0 Å². The van der Waals surface area contributed by atoms with Gasteiger partial charge in [-0.3, -0.25) is 4.79 Å². The maximum atomic E-state index is 12.9. The first-order chi connectivity index (χ1) is 13.8. The Bertz CT molecular complexity index is 964. The van der Waals surface area contributed by atoms with E-state index in [0.29, 0.717) is 6.04 Å². The van der Waals surface area contributed by atoms with Crippen LogP contribution in [0.1, 0.15) is 44.9 Å². The van der Waals surface area contributed by atoms with E-state index in [1.54, 1.807) is 11.3 Å². The van der Waals surface area contributed by atoms with Crippen LogP contribution in [0.25, 0.3) is 22.6 Å². The van der Waals surface area contributed by atoms with Crippen LogP contribution in [-0.2, 0) is 11.3 Å². The van der Waals surface area contributed by atoms with Crippen molar-refractivity contribution in [1.29, 1.82) is 0 Å². The van der Waals surface area contributed by atoms with E-state index < -0.39 is 0 Å². The average molecular weight is 395 g/mol. The third-order valence-electron chi connectivity index (χ3n) is 6.52. The number of nitrogens with one attached hydrogen (secondary N) is 1. The lowest BCUT2D eigenvalue weighted by Crippen LogP contribution is -2.42. The molecular weight excluding hydrogens is 368 g/mol. The zero-order valence-electron chi connectivity index (χ0n) is 16.0. The summed E-state index contributed by atoms with van der Waals surface area (Å²) in [6, 6.07) is 8.31. The Morgan fingerprint density at radius 1 is 1.14 bits per heavy atom. The first-order valence-corrected chi connectivity index (χ1v) is 11.4. The molecule has 2 fully saturated rings. The Labute approximate surface area is 169 Å². The van der Waals surface area contributed by atoms with Gasteiger partial charge in [0.1, 0.15) is 12.2 Å². The fourth-order valence-electron chi connectivity index (χ4n) is 5.18. The minimum atomic E-state index is 0.0823. The number of nitrogens with zero attached hydrogens (tertiary/aromatic N) is 3. The van der Waals surface area contributed by atoms with E-state index in [-0.39, 0.29) is 12.5 Å². The number of rotatable bonds is 4. The van der Waals surface area contributed by atoms with E-state index in [0.717, 1.165) is 47.2 Å². The molecule has 2 heterocycles. The molecule has 146 valence electrons. The summed E-state index contributed by atoms with van der Waals surface area (Å²) in [6.45, 7) is 0.290. The molecular formula is C22H26N4OS. The second-order valence-corrected chi connectivity index (χ2v) is 8.98. The van der Waals surface area contributed by atoms with Crippen molar-refractivity contribution in [3.63, 3.8) is 0 Å². The van der Waals surface area contributed by atoms with Gasteiger partial charge in [-0.15, -0.1) is 11.3 Å². The van der Waals surface area contributed by atoms with E-state index in [1.807, 2.05) is 39.7 Å². The molecule has 28 heavy (non-hydrogen) atoms. The zero-order valence-corrected chi connectivity index (χ0v) is 16.8. The Balaban J connectivity index is 1.34. The number of aromatic nitrogens is 3. The highest BCUT2D eigenvalue weighted by molar-refractivity contribution is 7.07. The van der Waals surface area contributed by atoms with Crippen molar-refractivity contribution in [2.24, 2.45) is 11.8 Å². The molecule has 3 aromatic rings. The summed E-state index contributed by atoms with van der Waals surface area (Å²) in [5.41, 5.74) is 4.52. The first kappa shape index (κ1) is 17.9. The Morgan fingerprint density at radius 3 is 2.86 bits per heavy atom. The molecule has 1 aromatic carbocycles. The summed E-state index contributed by atoms with van der Waals surface area (Å²) in [6.07, 6.45) is 9.04. The van der Waals surface area contributed by atoms with Crippen molar-refractivity contribution in [2.45, 2.75) is 57.5 Å². The summed E-state index contributed by atoms with van der Waals surface area (Å²) in [7, 11) is 0. The second kappa shape index (κ2) is 7.66. The molecule has 2 saturated carbocycles. The van der Waals surface area contributed by atoms with Gasteiger partial charge in [-0.1, -0.05) is 37.8 Å². The number of carbonyl (C=O) groups is 1. The van der Waals surface area contributed by atoms with Gasteiger partial charge in [0.2, 0.25) is 5.91 Å².